The van der Waals surface area contributed by atoms with Gasteiger partial charge in [0.15, 0.2) is 5.82 Å². The van der Waals surface area contributed by atoms with E-state index in [1.165, 1.54) is 5.56 Å². The first-order valence-corrected chi connectivity index (χ1v) is 6.94. The lowest BCUT2D eigenvalue weighted by atomic mass is 9.99. The lowest BCUT2D eigenvalue weighted by molar-refractivity contribution is -0.143. The first-order chi connectivity index (χ1) is 10.3. The molecule has 5 nitrogen and oxygen atoms in total. The van der Waals surface area contributed by atoms with Gasteiger partial charge in [-0.15, -0.1) is 5.10 Å². The minimum atomic E-state index is -4.34. The first kappa shape index (κ1) is 14.8. The molecule has 118 valence electrons. The van der Waals surface area contributed by atoms with E-state index in [-0.39, 0.29) is 17.9 Å². The van der Waals surface area contributed by atoms with E-state index in [0.717, 1.165) is 16.8 Å². The summed E-state index contributed by atoms with van der Waals surface area (Å²) in [4.78, 5) is 2.06. The number of hydrogen-bond acceptors (Lipinski definition) is 4. The Kier molecular flexibility index (Phi) is 3.34. The van der Waals surface area contributed by atoms with Crippen LogP contribution in [-0.4, -0.2) is 31.9 Å². The highest BCUT2D eigenvalue weighted by atomic mass is 19.4. The van der Waals surface area contributed by atoms with Gasteiger partial charge in [-0.05, 0) is 42.3 Å². The van der Waals surface area contributed by atoms with Gasteiger partial charge >= 0.3 is 6.18 Å². The molecule has 1 aliphatic rings. The number of halogens is 3. The maximum absolute atomic E-state index is 12.6. The average Bonchev–Trinajstić information content (AvgIpc) is 2.91. The molecule has 22 heavy (non-hydrogen) atoms. The number of alkyl halides is 3. The number of aromatic nitrogens is 4. The molecular formula is C14H16F3N5. The zero-order valence-electron chi connectivity index (χ0n) is 12.3. The van der Waals surface area contributed by atoms with Gasteiger partial charge in [-0.25, -0.2) is 4.68 Å². The molecule has 1 aromatic carbocycles. The third-order valence-corrected chi connectivity index (χ3v) is 3.87. The predicted octanol–water partition coefficient (Wildman–Crippen LogP) is 2.58. The number of fused-ring (bicyclic) bond motifs is 1. The Labute approximate surface area is 125 Å². The number of rotatable bonds is 3. The van der Waals surface area contributed by atoms with Crippen LogP contribution in [-0.2, 0) is 19.5 Å². The number of hydrogen-bond donors (Lipinski definition) is 0. The van der Waals surface area contributed by atoms with Gasteiger partial charge in [0.25, 0.3) is 0 Å². The van der Waals surface area contributed by atoms with E-state index >= 15 is 0 Å². The van der Waals surface area contributed by atoms with Gasteiger partial charge in [-0.2, -0.15) is 13.2 Å². The van der Waals surface area contributed by atoms with Crippen LogP contribution in [0.5, 0.6) is 0 Å². The molecule has 0 aliphatic carbocycles. The maximum atomic E-state index is 12.6. The fraction of sp³-hybridized carbons (Fsp3) is 0.500. The fourth-order valence-corrected chi connectivity index (χ4v) is 2.88. The summed E-state index contributed by atoms with van der Waals surface area (Å²) in [5, 5.41) is 10.6. The molecule has 1 aromatic heterocycles. The normalized spacial score (nSPS) is 16.9. The van der Waals surface area contributed by atoms with Crippen molar-refractivity contribution in [3.63, 3.8) is 0 Å². The van der Waals surface area contributed by atoms with Crippen molar-refractivity contribution in [2.45, 2.75) is 45.1 Å². The van der Waals surface area contributed by atoms with Crippen LogP contribution in [0.15, 0.2) is 24.3 Å². The van der Waals surface area contributed by atoms with E-state index in [9.17, 15) is 13.2 Å². The standard InChI is InChI=1S/C14H16F3N5/c1-13(2)7-10-5-3-4-6-11(10)21(13)8-12-18-19-20-22(12)9-14(15,16)17/h3-6H,7-9H2,1-2H3. The van der Waals surface area contributed by atoms with Gasteiger partial charge in [0, 0.05) is 11.2 Å². The van der Waals surface area contributed by atoms with Gasteiger partial charge < -0.3 is 4.90 Å². The zero-order valence-corrected chi connectivity index (χ0v) is 12.3. The van der Waals surface area contributed by atoms with Crippen LogP contribution < -0.4 is 4.90 Å². The van der Waals surface area contributed by atoms with Crippen LogP contribution in [0.2, 0.25) is 0 Å². The number of benzene rings is 1. The van der Waals surface area contributed by atoms with Crippen LogP contribution in [0.4, 0.5) is 18.9 Å². The summed E-state index contributed by atoms with van der Waals surface area (Å²) in [5.74, 6) is 0.210. The van der Waals surface area contributed by atoms with Crippen molar-refractivity contribution in [2.75, 3.05) is 4.90 Å². The Morgan fingerprint density at radius 2 is 1.95 bits per heavy atom. The van der Waals surface area contributed by atoms with Crippen molar-refractivity contribution in [3.05, 3.63) is 35.7 Å². The molecule has 0 bridgehead atoms. The van der Waals surface area contributed by atoms with Crippen molar-refractivity contribution in [1.29, 1.82) is 0 Å². The molecule has 0 unspecified atom stereocenters. The third kappa shape index (κ3) is 2.77. The lowest BCUT2D eigenvalue weighted by Gasteiger charge is -2.33. The Morgan fingerprint density at radius 1 is 1.23 bits per heavy atom. The van der Waals surface area contributed by atoms with E-state index < -0.39 is 12.7 Å². The Bertz CT molecular complexity index is 677. The second-order valence-electron chi connectivity index (χ2n) is 6.07. The summed E-state index contributed by atoms with van der Waals surface area (Å²) in [7, 11) is 0. The second-order valence-corrected chi connectivity index (χ2v) is 6.07. The SMILES string of the molecule is CC1(C)Cc2ccccc2N1Cc1nnnn1CC(F)(F)F. The molecule has 0 spiro atoms. The zero-order chi connectivity index (χ0) is 16.0. The van der Waals surface area contributed by atoms with Gasteiger partial charge in [0.1, 0.15) is 6.54 Å². The minimum absolute atomic E-state index is 0.196. The van der Waals surface area contributed by atoms with E-state index in [1.807, 2.05) is 24.3 Å². The van der Waals surface area contributed by atoms with Crippen LogP contribution in [0, 0.1) is 0 Å². The molecule has 1 aliphatic heterocycles. The van der Waals surface area contributed by atoms with Gasteiger partial charge in [-0.1, -0.05) is 18.2 Å². The maximum Gasteiger partial charge on any atom is 0.408 e. The molecule has 0 fully saturated rings. The van der Waals surface area contributed by atoms with Crippen LogP contribution in [0.25, 0.3) is 0 Å². The predicted molar refractivity (Wildman–Crippen MR) is 74.3 cm³/mol. The summed E-state index contributed by atoms with van der Waals surface area (Å²) in [5.41, 5.74) is 2.01. The summed E-state index contributed by atoms with van der Waals surface area (Å²) >= 11 is 0. The minimum Gasteiger partial charge on any atom is -0.358 e. The Hall–Kier alpha value is -2.12. The summed E-state index contributed by atoms with van der Waals surface area (Å²) < 4.78 is 38.5. The highest BCUT2D eigenvalue weighted by molar-refractivity contribution is 5.61. The third-order valence-electron chi connectivity index (χ3n) is 3.87. The molecule has 0 saturated heterocycles. The molecule has 0 atom stereocenters. The van der Waals surface area contributed by atoms with Gasteiger partial charge in [0.05, 0.1) is 6.54 Å². The number of nitrogens with zero attached hydrogens (tertiary/aromatic N) is 5. The monoisotopic (exact) mass is 311 g/mol. The van der Waals surface area contributed by atoms with Gasteiger partial charge in [-0.3, -0.25) is 0 Å². The Balaban J connectivity index is 1.89. The van der Waals surface area contributed by atoms with Crippen molar-refractivity contribution in [2.24, 2.45) is 0 Å². The number of tetrazole rings is 1. The molecule has 0 saturated carbocycles. The van der Waals surface area contributed by atoms with Crippen LogP contribution >= 0.6 is 0 Å². The van der Waals surface area contributed by atoms with Crippen molar-refractivity contribution in [1.82, 2.24) is 20.2 Å². The molecule has 8 heteroatoms. The summed E-state index contributed by atoms with van der Waals surface area (Å²) in [6.07, 6.45) is -3.51. The molecule has 3 rings (SSSR count). The van der Waals surface area contributed by atoms with E-state index in [1.54, 1.807) is 0 Å². The lowest BCUT2D eigenvalue weighted by Crippen LogP contribution is -2.41. The van der Waals surface area contributed by atoms with Gasteiger partial charge in [0.2, 0.25) is 0 Å². The second kappa shape index (κ2) is 4.96. The van der Waals surface area contributed by atoms with E-state index in [4.69, 9.17) is 0 Å². The molecule has 2 heterocycles. The Morgan fingerprint density at radius 3 is 2.68 bits per heavy atom. The molecule has 0 amide bonds. The van der Waals surface area contributed by atoms with Crippen molar-refractivity contribution >= 4 is 5.69 Å². The topological polar surface area (TPSA) is 46.8 Å². The molecular weight excluding hydrogens is 295 g/mol. The van der Waals surface area contributed by atoms with Crippen molar-refractivity contribution < 1.29 is 13.2 Å². The number of anilines is 1. The summed E-state index contributed by atoms with van der Waals surface area (Å²) in [6, 6.07) is 7.90. The smallest absolute Gasteiger partial charge is 0.358 e. The van der Waals surface area contributed by atoms with Crippen molar-refractivity contribution in [3.8, 4) is 0 Å². The van der Waals surface area contributed by atoms with E-state index in [0.29, 0.717) is 0 Å². The molecule has 0 N–H and O–H groups in total. The van der Waals surface area contributed by atoms with Crippen LogP contribution in [0.3, 0.4) is 0 Å². The van der Waals surface area contributed by atoms with E-state index in [2.05, 4.69) is 34.3 Å². The summed E-state index contributed by atoms with van der Waals surface area (Å²) in [6.45, 7) is 3.19. The number of para-hydroxylation sites is 1. The quantitative estimate of drug-likeness (QED) is 0.874. The largest absolute Gasteiger partial charge is 0.408 e. The highest BCUT2D eigenvalue weighted by Gasteiger charge is 2.37. The molecule has 0 radical (unpaired) electrons. The first-order valence-electron chi connectivity index (χ1n) is 6.94. The average molecular weight is 311 g/mol. The fourth-order valence-electron chi connectivity index (χ4n) is 2.88. The highest BCUT2D eigenvalue weighted by Crippen LogP contribution is 2.39. The van der Waals surface area contributed by atoms with Crippen LogP contribution in [0.1, 0.15) is 25.2 Å². The molecule has 2 aromatic rings.